The maximum atomic E-state index is 13.1. The minimum Gasteiger partial charge on any atom is -0.381 e. The van der Waals surface area contributed by atoms with Crippen molar-refractivity contribution in [1.29, 1.82) is 0 Å². The number of rotatable bonds is 4. The van der Waals surface area contributed by atoms with E-state index in [0.717, 1.165) is 51.9 Å². The highest BCUT2D eigenvalue weighted by Crippen LogP contribution is 2.43. The van der Waals surface area contributed by atoms with Crippen LogP contribution in [0.2, 0.25) is 0 Å². The fourth-order valence-corrected chi connectivity index (χ4v) is 6.72. The lowest BCUT2D eigenvalue weighted by atomic mass is 9.74. The number of ether oxygens (including phenoxy) is 1. The summed E-state index contributed by atoms with van der Waals surface area (Å²) in [6, 6.07) is 0. The molecule has 1 unspecified atom stereocenters. The van der Waals surface area contributed by atoms with E-state index >= 15 is 0 Å². The highest BCUT2D eigenvalue weighted by molar-refractivity contribution is 7.90. The Morgan fingerprint density at radius 3 is 2.48 bits per heavy atom. The summed E-state index contributed by atoms with van der Waals surface area (Å²) < 4.78 is 71.5. The Morgan fingerprint density at radius 1 is 1.19 bits per heavy atom. The monoisotopic (exact) mass is 407 g/mol. The number of allylic oxidation sites excluding steroid dienone is 1. The molecule has 3 saturated heterocycles. The molecule has 3 fully saturated rings. The van der Waals surface area contributed by atoms with Gasteiger partial charge in [0.15, 0.2) is 0 Å². The van der Waals surface area contributed by atoms with Crippen LogP contribution in [0.4, 0.5) is 13.2 Å². The van der Waals surface area contributed by atoms with Gasteiger partial charge in [-0.25, -0.2) is 8.42 Å². The zero-order valence-electron chi connectivity index (χ0n) is 15.0. The number of likely N-dealkylation sites (tertiary alicyclic amines) is 1. The van der Waals surface area contributed by atoms with Gasteiger partial charge in [0.2, 0.25) is 10.0 Å². The molecule has 0 amide bonds. The quantitative estimate of drug-likeness (QED) is 0.711. The van der Waals surface area contributed by atoms with Crippen LogP contribution in [0, 0.1) is 11.3 Å². The number of nitrogens with zero attached hydrogens (tertiary/aromatic N) is 3. The van der Waals surface area contributed by atoms with Crippen LogP contribution in [0.5, 0.6) is 0 Å². The van der Waals surface area contributed by atoms with Crippen molar-refractivity contribution < 1.29 is 26.3 Å². The van der Waals surface area contributed by atoms with Gasteiger partial charge in [-0.1, -0.05) is 6.08 Å². The molecule has 0 aromatic heterocycles. The van der Waals surface area contributed by atoms with Crippen molar-refractivity contribution in [3.63, 3.8) is 0 Å². The van der Waals surface area contributed by atoms with Gasteiger partial charge in [-0.05, 0) is 25.2 Å². The van der Waals surface area contributed by atoms with E-state index in [9.17, 15) is 21.6 Å². The Bertz CT molecular complexity index is 730. The normalized spacial score (nSPS) is 30.0. The maximum Gasteiger partial charge on any atom is 0.430 e. The van der Waals surface area contributed by atoms with E-state index in [2.05, 4.69) is 9.89 Å². The number of hydrogen-bond acceptors (Lipinski definition) is 5. The van der Waals surface area contributed by atoms with Crippen LogP contribution < -0.4 is 0 Å². The van der Waals surface area contributed by atoms with Gasteiger partial charge in [-0.2, -0.15) is 17.5 Å². The first-order valence-corrected chi connectivity index (χ1v) is 10.8. The van der Waals surface area contributed by atoms with Crippen LogP contribution in [-0.2, 0) is 14.8 Å². The van der Waals surface area contributed by atoms with Crippen molar-refractivity contribution in [3.05, 3.63) is 12.3 Å². The smallest absolute Gasteiger partial charge is 0.381 e. The van der Waals surface area contributed by atoms with E-state index in [4.69, 9.17) is 4.74 Å². The second-order valence-electron chi connectivity index (χ2n) is 8.16. The largest absolute Gasteiger partial charge is 0.430 e. The van der Waals surface area contributed by atoms with Gasteiger partial charge in [0, 0.05) is 57.6 Å². The summed E-state index contributed by atoms with van der Waals surface area (Å²) in [5.74, 6) is 0.621. The van der Waals surface area contributed by atoms with E-state index < -0.39 is 27.2 Å². The molecule has 0 saturated carbocycles. The summed E-state index contributed by atoms with van der Waals surface area (Å²) in [6.07, 6.45) is -0.391. The van der Waals surface area contributed by atoms with Crippen LogP contribution in [0.25, 0.3) is 0 Å². The number of halogens is 3. The first-order chi connectivity index (χ1) is 12.7. The van der Waals surface area contributed by atoms with Gasteiger partial charge in [-0.3, -0.25) is 4.99 Å². The van der Waals surface area contributed by atoms with E-state index in [0.29, 0.717) is 19.0 Å². The molecule has 4 heterocycles. The van der Waals surface area contributed by atoms with Crippen molar-refractivity contribution in [3.8, 4) is 0 Å². The molecule has 0 aromatic carbocycles. The van der Waals surface area contributed by atoms with Crippen LogP contribution in [-0.4, -0.2) is 80.7 Å². The highest BCUT2D eigenvalue weighted by Gasteiger charge is 2.58. The second kappa shape index (κ2) is 6.82. The van der Waals surface area contributed by atoms with Gasteiger partial charge >= 0.3 is 6.18 Å². The SMILES string of the molecule is O=S(=O)(C1CC=CN=C1C(F)(F)F)N1CC2(CN(CC3CCOCC3)C2)C1. The lowest BCUT2D eigenvalue weighted by molar-refractivity contribution is -0.0915. The summed E-state index contributed by atoms with van der Waals surface area (Å²) in [7, 11) is -4.05. The van der Waals surface area contributed by atoms with Gasteiger partial charge in [0.25, 0.3) is 0 Å². The average Bonchev–Trinajstić information content (AvgIpc) is 2.55. The second-order valence-corrected chi connectivity index (χ2v) is 10.3. The molecule has 0 radical (unpaired) electrons. The Balaban J connectivity index is 1.33. The molecule has 4 aliphatic heterocycles. The molecule has 1 spiro atoms. The minimum absolute atomic E-state index is 0.0850. The van der Waals surface area contributed by atoms with Crippen LogP contribution in [0.15, 0.2) is 17.3 Å². The Hall–Kier alpha value is -0.970. The standard InChI is InChI=1S/C17H24F3N3O3S/c18-17(19,20)15-14(2-1-5-21-15)27(24,25)23-11-16(12-23)9-22(10-16)8-13-3-6-26-7-4-13/h1,5,13-14H,2-4,6-12H2. The van der Waals surface area contributed by atoms with Crippen molar-refractivity contribution in [2.45, 2.75) is 30.7 Å². The van der Waals surface area contributed by atoms with Crippen molar-refractivity contribution in [2.24, 2.45) is 16.3 Å². The van der Waals surface area contributed by atoms with Gasteiger partial charge in [0.1, 0.15) is 11.0 Å². The summed E-state index contributed by atoms with van der Waals surface area (Å²) in [6.45, 7) is 4.86. The summed E-state index contributed by atoms with van der Waals surface area (Å²) in [5, 5.41) is -1.63. The molecule has 0 N–H and O–H groups in total. The molecule has 1 atom stereocenters. The Labute approximate surface area is 157 Å². The van der Waals surface area contributed by atoms with Gasteiger partial charge < -0.3 is 9.64 Å². The predicted octanol–water partition coefficient (Wildman–Crippen LogP) is 1.65. The molecule has 152 valence electrons. The van der Waals surface area contributed by atoms with Gasteiger partial charge in [-0.15, -0.1) is 0 Å². The predicted molar refractivity (Wildman–Crippen MR) is 93.9 cm³/mol. The van der Waals surface area contributed by atoms with Crippen molar-refractivity contribution in [2.75, 3.05) is 45.9 Å². The molecule has 0 aliphatic carbocycles. The highest BCUT2D eigenvalue weighted by atomic mass is 32.2. The molecular weight excluding hydrogens is 383 g/mol. The van der Waals surface area contributed by atoms with Crippen molar-refractivity contribution >= 4 is 15.7 Å². The molecule has 0 aromatic rings. The zero-order valence-corrected chi connectivity index (χ0v) is 15.8. The Kier molecular flexibility index (Phi) is 4.89. The zero-order chi connectivity index (χ0) is 19.3. The first-order valence-electron chi connectivity index (χ1n) is 9.29. The van der Waals surface area contributed by atoms with E-state index in [1.54, 1.807) is 0 Å². The minimum atomic E-state index is -4.73. The third-order valence-electron chi connectivity index (χ3n) is 5.98. The van der Waals surface area contributed by atoms with E-state index in [1.807, 2.05) is 0 Å². The Morgan fingerprint density at radius 2 is 1.85 bits per heavy atom. The van der Waals surface area contributed by atoms with Crippen LogP contribution in [0.3, 0.4) is 0 Å². The lowest BCUT2D eigenvalue weighted by Crippen LogP contribution is -2.74. The molecule has 0 bridgehead atoms. The van der Waals surface area contributed by atoms with Crippen LogP contribution in [0.1, 0.15) is 19.3 Å². The van der Waals surface area contributed by atoms with Gasteiger partial charge in [0.05, 0.1) is 0 Å². The summed E-state index contributed by atoms with van der Waals surface area (Å²) in [4.78, 5) is 5.65. The molecule has 4 rings (SSSR count). The topological polar surface area (TPSA) is 62.2 Å². The molecule has 6 nitrogen and oxygen atoms in total. The summed E-state index contributed by atoms with van der Waals surface area (Å²) in [5.41, 5.74) is -1.29. The fourth-order valence-electron chi connectivity index (χ4n) is 4.62. The van der Waals surface area contributed by atoms with E-state index in [1.165, 1.54) is 10.4 Å². The third-order valence-corrected chi connectivity index (χ3v) is 8.10. The third kappa shape index (κ3) is 3.68. The first kappa shape index (κ1) is 19.4. The average molecular weight is 407 g/mol. The molecular formula is C17H24F3N3O3S. The van der Waals surface area contributed by atoms with Crippen molar-refractivity contribution in [1.82, 2.24) is 9.21 Å². The number of hydrogen-bond donors (Lipinski definition) is 0. The molecule has 27 heavy (non-hydrogen) atoms. The van der Waals surface area contributed by atoms with E-state index in [-0.39, 0.29) is 11.8 Å². The molecule has 4 aliphatic rings. The fraction of sp³-hybridized carbons (Fsp3) is 0.824. The lowest BCUT2D eigenvalue weighted by Gasteiger charge is -2.60. The number of alkyl halides is 3. The summed E-state index contributed by atoms with van der Waals surface area (Å²) >= 11 is 0. The number of aliphatic imine (C=N–C) groups is 1. The maximum absolute atomic E-state index is 13.1. The molecule has 10 heteroatoms. The van der Waals surface area contributed by atoms with Crippen LogP contribution >= 0.6 is 0 Å². The number of sulfonamides is 1.